The molecule has 0 heterocycles. The Morgan fingerprint density at radius 3 is 2.86 bits per heavy atom. The molecule has 0 nitrogen and oxygen atoms in total. The van der Waals surface area contributed by atoms with Crippen LogP contribution in [0.1, 0.15) is 19.3 Å². The number of allylic oxidation sites excluding steroid dienone is 1. The fraction of sp³-hybridized carbons (Fsp3) is 0.429. The molecule has 0 unspecified atom stereocenters. The van der Waals surface area contributed by atoms with Crippen LogP contribution < -0.4 is 0 Å². The van der Waals surface area contributed by atoms with Gasteiger partial charge in [-0.25, -0.2) is 0 Å². The van der Waals surface area contributed by atoms with Crippen molar-refractivity contribution in [2.45, 2.75) is 19.3 Å². The topological polar surface area (TPSA) is 0 Å². The number of hydrogen-bond donors (Lipinski definition) is 0. The fourth-order valence-corrected chi connectivity index (χ4v) is 0.335. The summed E-state index contributed by atoms with van der Waals surface area (Å²) >= 11 is 0. The molecule has 0 aliphatic heterocycles. The van der Waals surface area contributed by atoms with E-state index in [1.54, 1.807) is 0 Å². The van der Waals surface area contributed by atoms with E-state index < -0.39 is 0 Å². The zero-order chi connectivity index (χ0) is 5.54. The Labute approximate surface area is 45.2 Å². The summed E-state index contributed by atoms with van der Waals surface area (Å²) in [6.07, 6.45) is 11.2. The average Bonchev–Trinajstić information content (AvgIpc) is 1.69. The van der Waals surface area contributed by atoms with Crippen molar-refractivity contribution >= 4 is 0 Å². The van der Waals surface area contributed by atoms with Gasteiger partial charge in [-0.15, -0.1) is 6.58 Å². The first-order valence-corrected chi connectivity index (χ1v) is 2.42. The second kappa shape index (κ2) is 5.30. The largest absolute Gasteiger partial charge is 0.103 e. The van der Waals surface area contributed by atoms with Crippen molar-refractivity contribution in [2.24, 2.45) is 0 Å². The fourth-order valence-electron chi connectivity index (χ4n) is 0.335. The summed E-state index contributed by atoms with van der Waals surface area (Å²) in [6, 6.07) is 0. The van der Waals surface area contributed by atoms with Gasteiger partial charge in [0.25, 0.3) is 0 Å². The van der Waals surface area contributed by atoms with Crippen molar-refractivity contribution < 1.29 is 0 Å². The highest BCUT2D eigenvalue weighted by Crippen LogP contribution is 1.91. The summed E-state index contributed by atoms with van der Waals surface area (Å²) in [5.74, 6) is 2.30. The Bertz CT molecular complexity index is 74.5. The normalized spacial score (nSPS) is 7.29. The molecule has 7 heavy (non-hydrogen) atoms. The average molecular weight is 93.1 g/mol. The third kappa shape index (κ3) is 5.30. The smallest absolute Gasteiger partial charge is 0.0102 e. The molecular weight excluding hydrogens is 84.1 g/mol. The van der Waals surface area contributed by atoms with Crippen molar-refractivity contribution in [1.29, 1.82) is 0 Å². The Balaban J connectivity index is 2.72. The van der Waals surface area contributed by atoms with E-state index in [2.05, 4.69) is 12.5 Å². The molecule has 0 saturated heterocycles. The maximum absolute atomic E-state index is 6.50. The van der Waals surface area contributed by atoms with Gasteiger partial charge < -0.3 is 0 Å². The monoisotopic (exact) mass is 93.1 g/mol. The van der Waals surface area contributed by atoms with Gasteiger partial charge in [-0.2, -0.15) is 0 Å². The van der Waals surface area contributed by atoms with E-state index in [-0.39, 0.29) is 0 Å². The van der Waals surface area contributed by atoms with Crippen molar-refractivity contribution in [3.63, 3.8) is 0 Å². The first kappa shape index (κ1) is 6.30. The van der Waals surface area contributed by atoms with Gasteiger partial charge in [0.05, 0.1) is 0 Å². The molecule has 0 saturated carbocycles. The van der Waals surface area contributed by atoms with Gasteiger partial charge in [0.1, 0.15) is 0 Å². The minimum atomic E-state index is 0.770. The zero-order valence-electron chi connectivity index (χ0n) is 4.41. The summed E-state index contributed by atoms with van der Waals surface area (Å²) < 4.78 is 0. The minimum Gasteiger partial charge on any atom is -0.103 e. The number of rotatable bonds is 3. The van der Waals surface area contributed by atoms with E-state index in [4.69, 9.17) is 6.42 Å². The molecule has 0 rings (SSSR count). The molecular formula is C7H9. The van der Waals surface area contributed by atoms with Crippen LogP contribution in [0.15, 0.2) is 12.7 Å². The van der Waals surface area contributed by atoms with Crippen LogP contribution in [0, 0.1) is 12.3 Å². The maximum atomic E-state index is 6.50. The maximum Gasteiger partial charge on any atom is 0.0102 e. The van der Waals surface area contributed by atoms with Gasteiger partial charge in [0, 0.05) is 6.42 Å². The Hall–Kier alpha value is -0.700. The van der Waals surface area contributed by atoms with E-state index in [1.807, 2.05) is 6.08 Å². The van der Waals surface area contributed by atoms with Crippen molar-refractivity contribution in [3.05, 3.63) is 19.1 Å². The molecule has 0 atom stereocenters. The number of hydrogen-bond acceptors (Lipinski definition) is 0. The molecule has 0 heteroatoms. The van der Waals surface area contributed by atoms with Crippen LogP contribution in [0.25, 0.3) is 0 Å². The summed E-state index contributed by atoms with van der Waals surface area (Å²) in [4.78, 5) is 0. The molecule has 0 aliphatic rings. The standard InChI is InChI=1S/C7H9/c1-3-5-7-6-4-2/h3H,1,5-7H2. The van der Waals surface area contributed by atoms with E-state index in [0.29, 0.717) is 0 Å². The first-order chi connectivity index (χ1) is 3.41. The molecule has 0 spiro atoms. The van der Waals surface area contributed by atoms with Gasteiger partial charge >= 0.3 is 0 Å². The van der Waals surface area contributed by atoms with Crippen LogP contribution in [-0.2, 0) is 0 Å². The van der Waals surface area contributed by atoms with E-state index in [0.717, 1.165) is 19.3 Å². The lowest BCUT2D eigenvalue weighted by Crippen LogP contribution is -1.64. The van der Waals surface area contributed by atoms with E-state index in [1.165, 1.54) is 0 Å². The van der Waals surface area contributed by atoms with Crippen LogP contribution in [0.2, 0.25) is 0 Å². The van der Waals surface area contributed by atoms with Crippen LogP contribution in [0.4, 0.5) is 0 Å². The third-order valence-corrected chi connectivity index (χ3v) is 0.710. The van der Waals surface area contributed by atoms with Gasteiger partial charge in [-0.1, -0.05) is 12.0 Å². The second-order valence-electron chi connectivity index (χ2n) is 1.36. The third-order valence-electron chi connectivity index (χ3n) is 0.710. The zero-order valence-corrected chi connectivity index (χ0v) is 4.41. The molecule has 0 bridgehead atoms. The quantitative estimate of drug-likeness (QED) is 0.284. The predicted octanol–water partition coefficient (Wildman–Crippen LogP) is 1.93. The highest BCUT2D eigenvalue weighted by Gasteiger charge is 1.74. The minimum absolute atomic E-state index is 0.770. The molecule has 0 fully saturated rings. The summed E-state index contributed by atoms with van der Waals surface area (Å²) in [5.41, 5.74) is 0. The molecule has 37 valence electrons. The molecule has 1 radical (unpaired) electrons. The van der Waals surface area contributed by atoms with Crippen molar-refractivity contribution in [1.82, 2.24) is 0 Å². The Kier molecular flexibility index (Phi) is 4.77. The van der Waals surface area contributed by atoms with Gasteiger partial charge in [0.15, 0.2) is 0 Å². The number of unbranched alkanes of at least 4 members (excludes halogenated alkanes) is 2. The predicted molar refractivity (Wildman–Crippen MR) is 31.2 cm³/mol. The van der Waals surface area contributed by atoms with E-state index >= 15 is 0 Å². The van der Waals surface area contributed by atoms with Gasteiger partial charge in [-0.05, 0) is 19.3 Å². The van der Waals surface area contributed by atoms with Crippen LogP contribution in [-0.4, -0.2) is 0 Å². The summed E-state index contributed by atoms with van der Waals surface area (Å²) in [6.45, 7) is 3.54. The van der Waals surface area contributed by atoms with E-state index in [9.17, 15) is 0 Å². The molecule has 0 aromatic heterocycles. The van der Waals surface area contributed by atoms with Crippen molar-refractivity contribution in [3.8, 4) is 5.92 Å². The molecule has 0 aliphatic carbocycles. The van der Waals surface area contributed by atoms with Crippen LogP contribution >= 0.6 is 0 Å². The van der Waals surface area contributed by atoms with Crippen LogP contribution in [0.5, 0.6) is 0 Å². The SMILES string of the molecule is [C]#CCCCC=C. The highest BCUT2D eigenvalue weighted by molar-refractivity contribution is 4.77. The van der Waals surface area contributed by atoms with Gasteiger partial charge in [-0.3, -0.25) is 0 Å². The molecule has 0 amide bonds. The highest BCUT2D eigenvalue weighted by atomic mass is 13.8. The lowest BCUT2D eigenvalue weighted by atomic mass is 10.2. The first-order valence-electron chi connectivity index (χ1n) is 2.42. The second-order valence-corrected chi connectivity index (χ2v) is 1.36. The lowest BCUT2D eigenvalue weighted by Gasteiger charge is -1.81. The Morgan fingerprint density at radius 2 is 2.43 bits per heavy atom. The van der Waals surface area contributed by atoms with Crippen molar-refractivity contribution in [2.75, 3.05) is 0 Å². The van der Waals surface area contributed by atoms with Gasteiger partial charge in [0.2, 0.25) is 0 Å². The molecule has 0 N–H and O–H groups in total. The molecule has 0 aromatic carbocycles. The summed E-state index contributed by atoms with van der Waals surface area (Å²) in [7, 11) is 0. The molecule has 0 aromatic rings. The lowest BCUT2D eigenvalue weighted by molar-refractivity contribution is 0.886. The summed E-state index contributed by atoms with van der Waals surface area (Å²) in [5, 5.41) is 0. The van der Waals surface area contributed by atoms with Crippen LogP contribution in [0.3, 0.4) is 0 Å². The Morgan fingerprint density at radius 1 is 1.71 bits per heavy atom.